The van der Waals surface area contributed by atoms with Gasteiger partial charge in [0, 0.05) is 12.2 Å². The topological polar surface area (TPSA) is 78.4 Å². The van der Waals surface area contributed by atoms with Gasteiger partial charge < -0.3 is 15.7 Å². The zero-order chi connectivity index (χ0) is 13.7. The van der Waals surface area contributed by atoms with E-state index in [1.165, 1.54) is 19.1 Å². The van der Waals surface area contributed by atoms with E-state index in [1.54, 1.807) is 6.92 Å². The zero-order valence-electron chi connectivity index (χ0n) is 10.2. The molecule has 0 fully saturated rings. The molecule has 0 aliphatic rings. The van der Waals surface area contributed by atoms with Gasteiger partial charge in [-0.05, 0) is 31.5 Å². The number of nitrogens with one attached hydrogen (secondary N) is 2. The number of hydrogen-bond acceptors (Lipinski definition) is 3. The first-order valence-electron chi connectivity index (χ1n) is 5.43. The predicted octanol–water partition coefficient (Wildman–Crippen LogP) is 0.570. The normalized spacial score (nSPS) is 11.8. The van der Waals surface area contributed by atoms with Crippen molar-refractivity contribution in [1.82, 2.24) is 5.32 Å². The lowest BCUT2D eigenvalue weighted by atomic mass is 10.2. The zero-order valence-corrected chi connectivity index (χ0v) is 10.2. The molecule has 6 heteroatoms. The summed E-state index contributed by atoms with van der Waals surface area (Å²) in [6.45, 7) is 3.05. The van der Waals surface area contributed by atoms with Gasteiger partial charge >= 0.3 is 11.8 Å². The molecule has 0 saturated heterocycles. The highest BCUT2D eigenvalue weighted by molar-refractivity contribution is 6.39. The lowest BCUT2D eigenvalue weighted by Crippen LogP contribution is -2.38. The van der Waals surface area contributed by atoms with Crippen LogP contribution in [-0.2, 0) is 9.59 Å². The Bertz CT molecular complexity index is 461. The maximum Gasteiger partial charge on any atom is 0.313 e. The molecular weight excluding hydrogens is 239 g/mol. The molecular formula is C12H15FN2O3. The molecule has 0 spiro atoms. The summed E-state index contributed by atoms with van der Waals surface area (Å²) in [6.07, 6.45) is -0.737. The third-order valence-corrected chi connectivity index (χ3v) is 2.19. The third kappa shape index (κ3) is 4.14. The first-order chi connectivity index (χ1) is 8.40. The Labute approximate surface area is 104 Å². The van der Waals surface area contributed by atoms with E-state index in [4.69, 9.17) is 5.11 Å². The number of halogens is 1. The number of carbonyl (C=O) groups excluding carboxylic acids is 2. The van der Waals surface area contributed by atoms with Crippen LogP contribution < -0.4 is 10.6 Å². The molecule has 1 aromatic carbocycles. The average molecular weight is 254 g/mol. The number of benzene rings is 1. The van der Waals surface area contributed by atoms with Crippen molar-refractivity contribution < 1.29 is 19.1 Å². The molecule has 1 aromatic rings. The van der Waals surface area contributed by atoms with E-state index in [2.05, 4.69) is 10.6 Å². The van der Waals surface area contributed by atoms with Crippen molar-refractivity contribution in [1.29, 1.82) is 0 Å². The number of carbonyl (C=O) groups is 2. The number of aliphatic hydroxyl groups excluding tert-OH is 1. The molecule has 0 bridgehead atoms. The van der Waals surface area contributed by atoms with Crippen LogP contribution in [0.3, 0.4) is 0 Å². The summed E-state index contributed by atoms with van der Waals surface area (Å²) < 4.78 is 13.2. The van der Waals surface area contributed by atoms with Crippen LogP contribution in [-0.4, -0.2) is 29.6 Å². The van der Waals surface area contributed by atoms with Crippen molar-refractivity contribution in [3.63, 3.8) is 0 Å². The number of aryl methyl sites for hydroxylation is 1. The lowest BCUT2D eigenvalue weighted by Gasteiger charge is -2.08. The second-order valence-corrected chi connectivity index (χ2v) is 3.98. The molecule has 0 aromatic heterocycles. The molecule has 98 valence electrons. The van der Waals surface area contributed by atoms with Crippen molar-refractivity contribution >= 4 is 17.5 Å². The molecule has 0 heterocycles. The van der Waals surface area contributed by atoms with Crippen LogP contribution in [0.1, 0.15) is 12.5 Å². The van der Waals surface area contributed by atoms with Gasteiger partial charge in [0.25, 0.3) is 0 Å². The smallest absolute Gasteiger partial charge is 0.313 e. The summed E-state index contributed by atoms with van der Waals surface area (Å²) in [5.74, 6) is -2.24. The van der Waals surface area contributed by atoms with Crippen LogP contribution in [0.2, 0.25) is 0 Å². The second kappa shape index (κ2) is 6.11. The van der Waals surface area contributed by atoms with E-state index in [0.29, 0.717) is 5.56 Å². The first-order valence-corrected chi connectivity index (χ1v) is 5.43. The van der Waals surface area contributed by atoms with Gasteiger partial charge in [0.15, 0.2) is 0 Å². The summed E-state index contributed by atoms with van der Waals surface area (Å²) in [7, 11) is 0. The first kappa shape index (κ1) is 14.1. The molecule has 0 unspecified atom stereocenters. The molecule has 0 aliphatic heterocycles. The number of anilines is 1. The number of amides is 2. The van der Waals surface area contributed by atoms with Crippen molar-refractivity contribution in [2.24, 2.45) is 0 Å². The Morgan fingerprint density at radius 2 is 2.06 bits per heavy atom. The number of rotatable bonds is 3. The summed E-state index contributed by atoms with van der Waals surface area (Å²) in [5, 5.41) is 13.4. The maximum atomic E-state index is 13.2. The molecule has 0 radical (unpaired) electrons. The molecule has 1 rings (SSSR count). The molecule has 18 heavy (non-hydrogen) atoms. The summed E-state index contributed by atoms with van der Waals surface area (Å²) in [4.78, 5) is 22.7. The maximum absolute atomic E-state index is 13.2. The van der Waals surface area contributed by atoms with E-state index in [0.717, 1.165) is 6.07 Å². The van der Waals surface area contributed by atoms with Gasteiger partial charge in [-0.2, -0.15) is 0 Å². The van der Waals surface area contributed by atoms with E-state index >= 15 is 0 Å². The summed E-state index contributed by atoms with van der Waals surface area (Å²) >= 11 is 0. The van der Waals surface area contributed by atoms with E-state index in [9.17, 15) is 14.0 Å². The van der Waals surface area contributed by atoms with Crippen molar-refractivity contribution in [3.05, 3.63) is 29.6 Å². The van der Waals surface area contributed by atoms with E-state index in [-0.39, 0.29) is 12.2 Å². The largest absolute Gasteiger partial charge is 0.392 e. The predicted molar refractivity (Wildman–Crippen MR) is 64.5 cm³/mol. The minimum atomic E-state index is -0.904. The lowest BCUT2D eigenvalue weighted by molar-refractivity contribution is -0.136. The van der Waals surface area contributed by atoms with E-state index < -0.39 is 23.7 Å². The van der Waals surface area contributed by atoms with Gasteiger partial charge in [-0.25, -0.2) is 4.39 Å². The molecule has 3 N–H and O–H groups in total. The van der Waals surface area contributed by atoms with Gasteiger partial charge in [0.05, 0.1) is 6.10 Å². The van der Waals surface area contributed by atoms with Crippen molar-refractivity contribution in [2.75, 3.05) is 11.9 Å². The highest BCUT2D eigenvalue weighted by atomic mass is 19.1. The number of aliphatic hydroxyl groups is 1. The Morgan fingerprint density at radius 1 is 1.39 bits per heavy atom. The van der Waals surface area contributed by atoms with Gasteiger partial charge in [-0.3, -0.25) is 9.59 Å². The quantitative estimate of drug-likeness (QED) is 0.690. The summed E-state index contributed by atoms with van der Waals surface area (Å²) in [5.41, 5.74) is 0.654. The molecule has 2 amide bonds. The van der Waals surface area contributed by atoms with E-state index in [1.807, 2.05) is 0 Å². The molecule has 1 atom stereocenters. The van der Waals surface area contributed by atoms with Crippen LogP contribution >= 0.6 is 0 Å². The van der Waals surface area contributed by atoms with Crippen molar-refractivity contribution in [3.8, 4) is 0 Å². The fourth-order valence-corrected chi connectivity index (χ4v) is 1.18. The highest BCUT2D eigenvalue weighted by Gasteiger charge is 2.14. The second-order valence-electron chi connectivity index (χ2n) is 3.98. The van der Waals surface area contributed by atoms with Crippen LogP contribution in [0.15, 0.2) is 18.2 Å². The average Bonchev–Trinajstić information content (AvgIpc) is 2.30. The Morgan fingerprint density at radius 3 is 2.61 bits per heavy atom. The van der Waals surface area contributed by atoms with Crippen LogP contribution in [0.5, 0.6) is 0 Å². The van der Waals surface area contributed by atoms with Crippen LogP contribution in [0.4, 0.5) is 10.1 Å². The fourth-order valence-electron chi connectivity index (χ4n) is 1.18. The highest BCUT2D eigenvalue weighted by Crippen LogP contribution is 2.13. The fraction of sp³-hybridized carbons (Fsp3) is 0.333. The Hall–Kier alpha value is -1.95. The Kier molecular flexibility index (Phi) is 4.79. The molecule has 0 saturated carbocycles. The van der Waals surface area contributed by atoms with Crippen LogP contribution in [0.25, 0.3) is 0 Å². The van der Waals surface area contributed by atoms with Crippen LogP contribution in [0, 0.1) is 12.7 Å². The van der Waals surface area contributed by atoms with Gasteiger partial charge in [0.2, 0.25) is 0 Å². The minimum absolute atomic E-state index is 0.0193. The number of hydrogen-bond donors (Lipinski definition) is 3. The van der Waals surface area contributed by atoms with Crippen molar-refractivity contribution in [2.45, 2.75) is 20.0 Å². The SMILES string of the molecule is Cc1ccc(NC(=O)C(=O)NC[C@@H](C)O)cc1F. The van der Waals surface area contributed by atoms with Gasteiger partial charge in [-0.15, -0.1) is 0 Å². The minimum Gasteiger partial charge on any atom is -0.392 e. The monoisotopic (exact) mass is 254 g/mol. The van der Waals surface area contributed by atoms with Gasteiger partial charge in [0.1, 0.15) is 5.82 Å². The molecule has 5 nitrogen and oxygen atoms in total. The summed E-state index contributed by atoms with van der Waals surface area (Å²) in [6, 6.07) is 4.13. The standard InChI is InChI=1S/C12H15FN2O3/c1-7-3-4-9(5-10(7)13)15-12(18)11(17)14-6-8(2)16/h3-5,8,16H,6H2,1-2H3,(H,14,17)(H,15,18)/t8-/m1/s1. The Balaban J connectivity index is 2.58. The van der Waals surface area contributed by atoms with Gasteiger partial charge in [-0.1, -0.05) is 6.07 Å². The molecule has 0 aliphatic carbocycles. The third-order valence-electron chi connectivity index (χ3n) is 2.19.